The molecule has 3 rings (SSSR count). The monoisotopic (exact) mass is 480 g/mol. The first-order chi connectivity index (χ1) is 16.0. The number of aliphatic hydroxyl groups is 1. The van der Waals surface area contributed by atoms with Crippen LogP contribution in [0.1, 0.15) is 25.8 Å². The first kappa shape index (κ1) is 25.7. The Bertz CT molecular complexity index is 1050. The molecule has 1 aliphatic carbocycles. The fourth-order valence-corrected chi connectivity index (χ4v) is 4.54. The van der Waals surface area contributed by atoms with Gasteiger partial charge in [0.2, 0.25) is 0 Å². The third kappa shape index (κ3) is 4.42. The van der Waals surface area contributed by atoms with Crippen molar-refractivity contribution < 1.29 is 42.1 Å². The molecule has 0 radical (unpaired) electrons. The molecule has 0 aromatic heterocycles. The van der Waals surface area contributed by atoms with E-state index in [4.69, 9.17) is 14.2 Å². The Labute approximate surface area is 195 Å². The summed E-state index contributed by atoms with van der Waals surface area (Å²) < 4.78 is 58.0. The molecule has 1 aromatic carbocycles. The van der Waals surface area contributed by atoms with Crippen LogP contribution >= 0.6 is 0 Å². The van der Waals surface area contributed by atoms with Crippen molar-refractivity contribution in [2.24, 2.45) is 5.92 Å². The quantitative estimate of drug-likeness (QED) is 0.472. The van der Waals surface area contributed by atoms with Gasteiger partial charge in [0.1, 0.15) is 17.3 Å². The van der Waals surface area contributed by atoms with Crippen molar-refractivity contribution in [3.8, 4) is 0 Å². The SMILES string of the molecule is COC(=O)C(C)(c1ccccc1)C(O)/C(=C\CC1=C(OC)C(C)=C2COCC2C1=O)C(F)(F)F. The summed E-state index contributed by atoms with van der Waals surface area (Å²) in [5.41, 5.74) is -1.77. The molecule has 1 aliphatic heterocycles. The number of hydrogen-bond donors (Lipinski definition) is 1. The summed E-state index contributed by atoms with van der Waals surface area (Å²) in [5, 5.41) is 11.0. The summed E-state index contributed by atoms with van der Waals surface area (Å²) in [6.45, 7) is 3.34. The Kier molecular flexibility index (Phi) is 7.38. The number of carbonyl (C=O) groups excluding carboxylic acids is 2. The molecule has 34 heavy (non-hydrogen) atoms. The van der Waals surface area contributed by atoms with E-state index in [-0.39, 0.29) is 35.9 Å². The minimum atomic E-state index is -4.98. The van der Waals surface area contributed by atoms with Crippen LogP contribution in [0.3, 0.4) is 0 Å². The number of aliphatic hydroxyl groups excluding tert-OH is 1. The van der Waals surface area contributed by atoms with Crippen molar-refractivity contribution in [2.45, 2.75) is 38.0 Å². The molecule has 0 saturated carbocycles. The lowest BCUT2D eigenvalue weighted by Gasteiger charge is -2.34. The van der Waals surface area contributed by atoms with Gasteiger partial charge < -0.3 is 19.3 Å². The molecular formula is C25H27F3O6. The summed E-state index contributed by atoms with van der Waals surface area (Å²) in [6.07, 6.45) is -6.98. The largest absolute Gasteiger partial charge is 0.496 e. The Morgan fingerprint density at radius 2 is 1.91 bits per heavy atom. The summed E-state index contributed by atoms with van der Waals surface area (Å²) in [6, 6.07) is 7.62. The number of methoxy groups -OCH3 is 2. The van der Waals surface area contributed by atoms with Crippen LogP contribution in [0.4, 0.5) is 13.2 Å². The zero-order chi connectivity index (χ0) is 25.3. The predicted octanol–water partition coefficient (Wildman–Crippen LogP) is 3.80. The van der Waals surface area contributed by atoms with Crippen molar-refractivity contribution in [3.05, 3.63) is 70.0 Å². The molecule has 2 aliphatic rings. The summed E-state index contributed by atoms with van der Waals surface area (Å²) >= 11 is 0. The van der Waals surface area contributed by atoms with Gasteiger partial charge in [-0.2, -0.15) is 13.2 Å². The van der Waals surface area contributed by atoms with Crippen LogP contribution < -0.4 is 0 Å². The molecule has 0 spiro atoms. The van der Waals surface area contributed by atoms with Gasteiger partial charge in [-0.15, -0.1) is 0 Å². The van der Waals surface area contributed by atoms with E-state index in [0.717, 1.165) is 18.8 Å². The molecule has 0 bridgehead atoms. The van der Waals surface area contributed by atoms with E-state index in [1.807, 2.05) is 0 Å². The van der Waals surface area contributed by atoms with Crippen LogP contribution in [-0.2, 0) is 29.2 Å². The molecule has 184 valence electrons. The molecule has 1 heterocycles. The number of benzene rings is 1. The number of carbonyl (C=O) groups is 2. The minimum absolute atomic E-state index is 0.0627. The van der Waals surface area contributed by atoms with Gasteiger partial charge in [-0.25, -0.2) is 0 Å². The average Bonchev–Trinajstić information content (AvgIpc) is 3.31. The van der Waals surface area contributed by atoms with E-state index < -0.39 is 41.6 Å². The zero-order valence-electron chi connectivity index (χ0n) is 19.4. The van der Waals surface area contributed by atoms with E-state index in [1.54, 1.807) is 25.1 Å². The molecule has 3 unspecified atom stereocenters. The molecule has 1 saturated heterocycles. The van der Waals surface area contributed by atoms with Crippen LogP contribution in [0.25, 0.3) is 0 Å². The Hall–Kier alpha value is -2.91. The smallest absolute Gasteiger partial charge is 0.414 e. The number of allylic oxidation sites excluding steroid dienone is 3. The second-order valence-corrected chi connectivity index (χ2v) is 8.42. The number of fused-ring (bicyclic) bond motifs is 1. The number of ether oxygens (including phenoxy) is 3. The third-order valence-corrected chi connectivity index (χ3v) is 6.55. The third-order valence-electron chi connectivity index (χ3n) is 6.55. The number of Topliss-reactive ketones (excluding diaryl/α,β-unsaturated/α-hetero) is 1. The van der Waals surface area contributed by atoms with Gasteiger partial charge >= 0.3 is 12.1 Å². The number of esters is 1. The highest BCUT2D eigenvalue weighted by Crippen LogP contribution is 2.41. The second-order valence-electron chi connectivity index (χ2n) is 8.42. The van der Waals surface area contributed by atoms with Crippen molar-refractivity contribution in [3.63, 3.8) is 0 Å². The topological polar surface area (TPSA) is 82.1 Å². The lowest BCUT2D eigenvalue weighted by atomic mass is 9.74. The van der Waals surface area contributed by atoms with Gasteiger partial charge in [-0.3, -0.25) is 9.59 Å². The molecule has 0 amide bonds. The molecule has 3 atom stereocenters. The van der Waals surface area contributed by atoms with Gasteiger partial charge in [-0.05, 0) is 37.0 Å². The predicted molar refractivity (Wildman–Crippen MR) is 117 cm³/mol. The van der Waals surface area contributed by atoms with Crippen LogP contribution in [-0.4, -0.2) is 56.6 Å². The highest BCUT2D eigenvalue weighted by atomic mass is 19.4. The average molecular weight is 480 g/mol. The lowest BCUT2D eigenvalue weighted by molar-refractivity contribution is -0.154. The number of rotatable bonds is 7. The van der Waals surface area contributed by atoms with E-state index >= 15 is 0 Å². The van der Waals surface area contributed by atoms with Crippen LogP contribution in [0.15, 0.2) is 64.5 Å². The Balaban J connectivity index is 2.08. The van der Waals surface area contributed by atoms with Gasteiger partial charge in [-0.1, -0.05) is 36.4 Å². The number of halogens is 3. The normalized spacial score (nSPS) is 21.8. The summed E-state index contributed by atoms with van der Waals surface area (Å²) in [7, 11) is 2.38. The summed E-state index contributed by atoms with van der Waals surface area (Å²) in [4.78, 5) is 25.7. The maximum atomic E-state index is 14.2. The number of hydrogen-bond acceptors (Lipinski definition) is 6. The van der Waals surface area contributed by atoms with Gasteiger partial charge in [0, 0.05) is 5.57 Å². The van der Waals surface area contributed by atoms with Crippen molar-refractivity contribution in [2.75, 3.05) is 27.4 Å². The molecular weight excluding hydrogens is 453 g/mol. The fraction of sp³-hybridized carbons (Fsp3) is 0.440. The van der Waals surface area contributed by atoms with Crippen LogP contribution in [0, 0.1) is 5.92 Å². The fourth-order valence-electron chi connectivity index (χ4n) is 4.54. The van der Waals surface area contributed by atoms with E-state index in [2.05, 4.69) is 0 Å². The Morgan fingerprint density at radius 3 is 2.47 bits per heavy atom. The number of alkyl halides is 3. The molecule has 9 heteroatoms. The standard InChI is InChI=1S/C25H27F3O6/c1-14-17-12-34-13-18(17)20(29)16(21(14)32-3)10-11-19(25(26,27)28)22(30)24(2,23(31)33-4)15-8-6-5-7-9-15/h5-9,11,18,22,30H,10,12-13H2,1-4H3/b19-11+. The lowest BCUT2D eigenvalue weighted by Crippen LogP contribution is -2.48. The Morgan fingerprint density at radius 1 is 1.26 bits per heavy atom. The van der Waals surface area contributed by atoms with E-state index in [1.165, 1.54) is 26.2 Å². The minimum Gasteiger partial charge on any atom is -0.496 e. The molecule has 6 nitrogen and oxygen atoms in total. The van der Waals surface area contributed by atoms with Gasteiger partial charge in [0.05, 0.1) is 38.9 Å². The maximum absolute atomic E-state index is 14.2. The highest BCUT2D eigenvalue weighted by Gasteiger charge is 2.51. The first-order valence-corrected chi connectivity index (χ1v) is 10.7. The van der Waals surface area contributed by atoms with Crippen molar-refractivity contribution >= 4 is 11.8 Å². The molecule has 1 aromatic rings. The van der Waals surface area contributed by atoms with Crippen LogP contribution in [0.5, 0.6) is 0 Å². The van der Waals surface area contributed by atoms with E-state index in [9.17, 15) is 27.9 Å². The highest BCUT2D eigenvalue weighted by molar-refractivity contribution is 6.02. The number of ketones is 1. The van der Waals surface area contributed by atoms with Gasteiger partial charge in [0.15, 0.2) is 5.78 Å². The van der Waals surface area contributed by atoms with Crippen molar-refractivity contribution in [1.82, 2.24) is 0 Å². The second kappa shape index (κ2) is 9.76. The molecule has 1 fully saturated rings. The first-order valence-electron chi connectivity index (χ1n) is 10.7. The molecule has 1 N–H and O–H groups in total. The van der Waals surface area contributed by atoms with E-state index in [0.29, 0.717) is 5.57 Å². The van der Waals surface area contributed by atoms with Crippen LogP contribution in [0.2, 0.25) is 0 Å². The maximum Gasteiger partial charge on any atom is 0.414 e. The zero-order valence-corrected chi connectivity index (χ0v) is 19.4. The van der Waals surface area contributed by atoms with Crippen molar-refractivity contribution in [1.29, 1.82) is 0 Å². The van der Waals surface area contributed by atoms with Gasteiger partial charge in [0.25, 0.3) is 0 Å². The summed E-state index contributed by atoms with van der Waals surface area (Å²) in [5.74, 6) is -1.77.